The summed E-state index contributed by atoms with van der Waals surface area (Å²) in [5.74, 6) is 0.169. The summed E-state index contributed by atoms with van der Waals surface area (Å²) in [5.41, 5.74) is 6.41. The molecule has 5 atom stereocenters. The topological polar surface area (TPSA) is 189 Å². The number of imidazole rings is 1. The number of hydrogen-bond acceptors (Lipinski definition) is 10. The second-order valence-corrected chi connectivity index (χ2v) is 7.12. The third kappa shape index (κ3) is 3.51. The van der Waals surface area contributed by atoms with Crippen molar-refractivity contribution in [3.05, 3.63) is 11.1 Å². The standard InChI is InChI=1S/C10H11BrN5O6P.Na.H2O/c11-10-15-4-7(12)13-2-14-8(4)16(10)9-5(17)6-3(21-9)1-20-23(18,19)22-6;;/h2-3,5-6,9,17H,1H2,(H,18,19)(H2,12,13,14);;1H2/q;+1;/p-1/t3-,5-,6-,9-;;/m1../s1. The van der Waals surface area contributed by atoms with E-state index in [1.54, 1.807) is 0 Å². The van der Waals surface area contributed by atoms with Crippen molar-refractivity contribution in [1.82, 2.24) is 19.5 Å². The van der Waals surface area contributed by atoms with E-state index < -0.39 is 32.4 Å². The van der Waals surface area contributed by atoms with Crippen LogP contribution in [0.4, 0.5) is 5.82 Å². The van der Waals surface area contributed by atoms with Crippen LogP contribution < -0.4 is 40.2 Å². The number of anilines is 1. The summed E-state index contributed by atoms with van der Waals surface area (Å²) in [4.78, 5) is 23.5. The summed E-state index contributed by atoms with van der Waals surface area (Å²) >= 11 is 3.25. The Balaban J connectivity index is 0.00000113. The number of phosphoric acid groups is 1. The van der Waals surface area contributed by atoms with E-state index in [0.29, 0.717) is 15.9 Å². The van der Waals surface area contributed by atoms with E-state index in [-0.39, 0.29) is 47.5 Å². The predicted molar refractivity (Wildman–Crippen MR) is 79.4 cm³/mol. The Bertz CT molecular complexity index is 839. The van der Waals surface area contributed by atoms with Crippen molar-refractivity contribution in [2.24, 2.45) is 0 Å². The SMILES string of the molecule is Nc1ncnc2c1nc(Br)n2[C@@H]1O[C@@H]2COP(=O)([O-])O[C@H]2[C@H]1O.O.[Na+]. The van der Waals surface area contributed by atoms with Gasteiger partial charge in [0, 0.05) is 0 Å². The average Bonchev–Trinajstić information content (AvgIpc) is 2.97. The molecule has 2 saturated heterocycles. The molecule has 2 aliphatic heterocycles. The molecule has 2 aromatic heterocycles. The normalized spacial score (nSPS) is 34.2. The summed E-state index contributed by atoms with van der Waals surface area (Å²) in [6.07, 6.45) is -2.80. The Kier molecular flexibility index (Phi) is 6.29. The average molecular weight is 448 g/mol. The van der Waals surface area contributed by atoms with E-state index in [0.717, 1.165) is 0 Å². The van der Waals surface area contributed by atoms with Gasteiger partial charge in [-0.25, -0.2) is 15.0 Å². The van der Waals surface area contributed by atoms with Crippen LogP contribution in [0.15, 0.2) is 11.1 Å². The Morgan fingerprint density at radius 3 is 2.92 bits per heavy atom. The number of phosphoric ester groups is 1. The number of aliphatic hydroxyl groups is 1. The van der Waals surface area contributed by atoms with Gasteiger partial charge in [-0.3, -0.25) is 9.13 Å². The molecule has 2 aromatic rings. The maximum atomic E-state index is 11.4. The van der Waals surface area contributed by atoms with Crippen molar-refractivity contribution in [2.45, 2.75) is 24.5 Å². The van der Waals surface area contributed by atoms with E-state index in [1.807, 2.05) is 0 Å². The number of nitrogens with two attached hydrogens (primary N) is 1. The van der Waals surface area contributed by atoms with Gasteiger partial charge >= 0.3 is 29.6 Å². The fourth-order valence-electron chi connectivity index (χ4n) is 2.67. The maximum absolute atomic E-state index is 11.4. The van der Waals surface area contributed by atoms with Crippen LogP contribution in [0.5, 0.6) is 0 Å². The number of nitrogen functional groups attached to an aromatic ring is 1. The Morgan fingerprint density at radius 1 is 1.48 bits per heavy atom. The number of ether oxygens (including phenoxy) is 1. The molecule has 4 heterocycles. The van der Waals surface area contributed by atoms with E-state index in [4.69, 9.17) is 15.0 Å². The summed E-state index contributed by atoms with van der Waals surface area (Å²) in [7, 11) is -4.44. The fraction of sp³-hybridized carbons (Fsp3) is 0.500. The molecule has 25 heavy (non-hydrogen) atoms. The quantitative estimate of drug-likeness (QED) is 0.244. The molecule has 132 valence electrons. The molecular formula is C10H12BrN5NaO7P. The number of fused-ring (bicyclic) bond motifs is 2. The van der Waals surface area contributed by atoms with Gasteiger partial charge in [-0.05, 0) is 15.9 Å². The van der Waals surface area contributed by atoms with Crippen molar-refractivity contribution >= 4 is 40.7 Å². The Hall–Kier alpha value is -0.180. The van der Waals surface area contributed by atoms with Crippen LogP contribution >= 0.6 is 23.8 Å². The first-order valence-corrected chi connectivity index (χ1v) is 8.74. The predicted octanol–water partition coefficient (Wildman–Crippen LogP) is -4.51. The van der Waals surface area contributed by atoms with E-state index in [9.17, 15) is 14.6 Å². The number of halogens is 1. The van der Waals surface area contributed by atoms with E-state index >= 15 is 0 Å². The number of aliphatic hydroxyl groups excluding tert-OH is 1. The summed E-state index contributed by atoms with van der Waals surface area (Å²) in [6, 6.07) is 0. The fourth-order valence-corrected chi connectivity index (χ4v) is 4.16. The third-order valence-electron chi connectivity index (χ3n) is 3.67. The first kappa shape index (κ1) is 21.1. The monoisotopic (exact) mass is 447 g/mol. The van der Waals surface area contributed by atoms with Crippen LogP contribution in [-0.4, -0.2) is 55.0 Å². The minimum Gasteiger partial charge on any atom is -0.756 e. The van der Waals surface area contributed by atoms with Gasteiger partial charge in [-0.15, -0.1) is 0 Å². The molecule has 0 aromatic carbocycles. The van der Waals surface area contributed by atoms with Gasteiger partial charge in [0.2, 0.25) is 0 Å². The van der Waals surface area contributed by atoms with E-state index in [1.165, 1.54) is 10.9 Å². The van der Waals surface area contributed by atoms with Gasteiger partial charge in [-0.2, -0.15) is 0 Å². The molecule has 0 bridgehead atoms. The van der Waals surface area contributed by atoms with Crippen LogP contribution in [0.1, 0.15) is 6.23 Å². The van der Waals surface area contributed by atoms with Crippen molar-refractivity contribution < 1.29 is 63.4 Å². The van der Waals surface area contributed by atoms with Crippen molar-refractivity contribution in [3.63, 3.8) is 0 Å². The third-order valence-corrected chi connectivity index (χ3v) is 5.20. The molecule has 0 spiro atoms. The summed E-state index contributed by atoms with van der Waals surface area (Å²) in [5, 5.41) is 10.4. The van der Waals surface area contributed by atoms with Crippen molar-refractivity contribution in [3.8, 4) is 0 Å². The first-order valence-electron chi connectivity index (χ1n) is 6.49. The smallest absolute Gasteiger partial charge is 0.756 e. The molecule has 2 aliphatic rings. The molecular weight excluding hydrogens is 436 g/mol. The number of aromatic nitrogens is 4. The molecule has 12 nitrogen and oxygen atoms in total. The second kappa shape index (κ2) is 7.44. The zero-order valence-electron chi connectivity index (χ0n) is 12.8. The molecule has 1 unspecified atom stereocenters. The van der Waals surface area contributed by atoms with Crippen LogP contribution in [-0.2, 0) is 18.3 Å². The van der Waals surface area contributed by atoms with Gasteiger partial charge in [0.05, 0.1) is 6.61 Å². The van der Waals surface area contributed by atoms with Gasteiger partial charge in [0.1, 0.15) is 24.6 Å². The number of hydrogen-bond donors (Lipinski definition) is 2. The van der Waals surface area contributed by atoms with Crippen molar-refractivity contribution in [2.75, 3.05) is 12.3 Å². The first-order chi connectivity index (χ1) is 10.9. The molecule has 0 saturated carbocycles. The molecule has 0 amide bonds. The van der Waals surface area contributed by atoms with E-state index in [2.05, 4.69) is 35.4 Å². The zero-order valence-corrected chi connectivity index (χ0v) is 17.3. The van der Waals surface area contributed by atoms with Crippen LogP contribution in [0.2, 0.25) is 0 Å². The van der Waals surface area contributed by atoms with Crippen LogP contribution in [0, 0.1) is 0 Å². The second-order valence-electron chi connectivity index (χ2n) is 5.05. The molecule has 0 radical (unpaired) electrons. The maximum Gasteiger partial charge on any atom is 1.00 e. The Labute approximate surface area is 171 Å². The molecule has 15 heteroatoms. The zero-order chi connectivity index (χ0) is 16.4. The van der Waals surface area contributed by atoms with Crippen LogP contribution in [0.3, 0.4) is 0 Å². The summed E-state index contributed by atoms with van der Waals surface area (Å²) < 4.78 is 28.2. The van der Waals surface area contributed by atoms with Gasteiger partial charge in [0.25, 0.3) is 7.82 Å². The molecule has 4 rings (SSSR count). The molecule has 0 aliphatic carbocycles. The minimum absolute atomic E-state index is 0. The van der Waals surface area contributed by atoms with Gasteiger partial charge in [-0.1, -0.05) is 0 Å². The number of rotatable bonds is 1. The summed E-state index contributed by atoms with van der Waals surface area (Å²) in [6.45, 7) is -0.236. The minimum atomic E-state index is -4.44. The van der Waals surface area contributed by atoms with Gasteiger partial charge < -0.3 is 35.0 Å². The largest absolute Gasteiger partial charge is 1.00 e. The van der Waals surface area contributed by atoms with Gasteiger partial charge in [0.15, 0.2) is 27.9 Å². The van der Waals surface area contributed by atoms with Crippen LogP contribution in [0.25, 0.3) is 11.2 Å². The molecule has 5 N–H and O–H groups in total. The molecule has 2 fully saturated rings. The Morgan fingerprint density at radius 2 is 2.20 bits per heavy atom. The van der Waals surface area contributed by atoms with Crippen molar-refractivity contribution in [1.29, 1.82) is 0 Å². The number of nitrogens with zero attached hydrogens (tertiary/aromatic N) is 4.